The largest absolute Gasteiger partial charge is 0.480 e. The Balaban J connectivity index is 2.80. The first-order valence-electron chi connectivity index (χ1n) is 5.10. The van der Waals surface area contributed by atoms with Crippen LogP contribution in [0.4, 0.5) is 8.78 Å². The van der Waals surface area contributed by atoms with Gasteiger partial charge in [0.2, 0.25) is 5.91 Å². The third-order valence-electron chi connectivity index (χ3n) is 2.24. The van der Waals surface area contributed by atoms with Crippen LogP contribution in [-0.4, -0.2) is 29.6 Å². The lowest BCUT2D eigenvalue weighted by Crippen LogP contribution is -2.44. The molecule has 1 atom stereocenters. The Bertz CT molecular complexity index is 466. The van der Waals surface area contributed by atoms with E-state index in [9.17, 15) is 18.4 Å². The van der Waals surface area contributed by atoms with Crippen molar-refractivity contribution in [2.45, 2.75) is 12.5 Å². The molecule has 18 heavy (non-hydrogen) atoms. The number of carboxylic acid groups (broad SMARTS) is 1. The lowest BCUT2D eigenvalue weighted by molar-refractivity contribution is -0.141. The molecule has 0 bridgehead atoms. The minimum absolute atomic E-state index is 0.154. The zero-order valence-electron chi connectivity index (χ0n) is 9.32. The van der Waals surface area contributed by atoms with Crippen LogP contribution in [0.1, 0.15) is 5.56 Å². The number of hydrogen-bond donors (Lipinski definition) is 3. The van der Waals surface area contributed by atoms with Crippen molar-refractivity contribution in [1.29, 1.82) is 0 Å². The van der Waals surface area contributed by atoms with Crippen molar-refractivity contribution in [3.8, 4) is 0 Å². The van der Waals surface area contributed by atoms with Gasteiger partial charge in [-0.2, -0.15) is 0 Å². The van der Waals surface area contributed by atoms with Crippen LogP contribution in [0.5, 0.6) is 0 Å². The Kier molecular flexibility index (Phi) is 4.73. The van der Waals surface area contributed by atoms with Crippen LogP contribution >= 0.6 is 0 Å². The molecule has 0 aliphatic carbocycles. The first-order valence-corrected chi connectivity index (χ1v) is 5.10. The number of aliphatic carboxylic acids is 1. The molecule has 7 heteroatoms. The summed E-state index contributed by atoms with van der Waals surface area (Å²) in [5.41, 5.74) is 5.31. The molecule has 1 unspecified atom stereocenters. The highest BCUT2D eigenvalue weighted by Crippen LogP contribution is 2.10. The lowest BCUT2D eigenvalue weighted by Gasteiger charge is -2.14. The maximum absolute atomic E-state index is 12.9. The predicted octanol–water partition coefficient (Wildman–Crippen LogP) is 0.0354. The Hall–Kier alpha value is -2.02. The molecule has 1 aromatic rings. The molecule has 4 N–H and O–H groups in total. The minimum Gasteiger partial charge on any atom is -0.480 e. The zero-order valence-corrected chi connectivity index (χ0v) is 9.32. The fraction of sp³-hybridized carbons (Fsp3) is 0.273. The molecule has 1 amide bonds. The Morgan fingerprint density at radius 2 is 2.00 bits per heavy atom. The Labute approximate surface area is 102 Å². The summed E-state index contributed by atoms with van der Waals surface area (Å²) >= 11 is 0. The highest BCUT2D eigenvalue weighted by Gasteiger charge is 2.20. The summed E-state index contributed by atoms with van der Waals surface area (Å²) in [6, 6.07) is 1.81. The van der Waals surface area contributed by atoms with E-state index in [1.54, 1.807) is 0 Å². The van der Waals surface area contributed by atoms with Crippen molar-refractivity contribution in [2.75, 3.05) is 6.54 Å². The highest BCUT2D eigenvalue weighted by atomic mass is 19.2. The number of rotatable bonds is 5. The van der Waals surface area contributed by atoms with Gasteiger partial charge < -0.3 is 16.2 Å². The first kappa shape index (κ1) is 14.0. The molecule has 0 saturated heterocycles. The van der Waals surface area contributed by atoms with E-state index < -0.39 is 29.6 Å². The number of carboxylic acids is 1. The summed E-state index contributed by atoms with van der Waals surface area (Å²) in [4.78, 5) is 21.9. The number of benzene rings is 1. The molecule has 0 radical (unpaired) electrons. The van der Waals surface area contributed by atoms with Gasteiger partial charge in [-0.15, -0.1) is 0 Å². The normalized spacial score (nSPS) is 11.9. The monoisotopic (exact) mass is 258 g/mol. The van der Waals surface area contributed by atoms with Crippen molar-refractivity contribution in [3.63, 3.8) is 0 Å². The Morgan fingerprint density at radius 1 is 1.33 bits per heavy atom. The molecule has 1 aromatic carbocycles. The molecule has 0 spiro atoms. The van der Waals surface area contributed by atoms with E-state index >= 15 is 0 Å². The highest BCUT2D eigenvalue weighted by molar-refractivity contribution is 5.84. The standard InChI is InChI=1S/C11H12F2N2O3/c12-7-2-1-6(3-8(7)13)4-9(11(17)18)15-10(16)5-14/h1-3,9H,4-5,14H2,(H,15,16)(H,17,18). The minimum atomic E-state index is -1.28. The summed E-state index contributed by atoms with van der Waals surface area (Å²) < 4.78 is 25.6. The summed E-state index contributed by atoms with van der Waals surface area (Å²) in [7, 11) is 0. The fourth-order valence-corrected chi connectivity index (χ4v) is 1.36. The average molecular weight is 258 g/mol. The van der Waals surface area contributed by atoms with E-state index in [2.05, 4.69) is 5.32 Å². The summed E-state index contributed by atoms with van der Waals surface area (Å²) in [5, 5.41) is 11.0. The van der Waals surface area contributed by atoms with Gasteiger partial charge in [0, 0.05) is 6.42 Å². The van der Waals surface area contributed by atoms with Gasteiger partial charge in [-0.3, -0.25) is 4.79 Å². The molecule has 0 aliphatic rings. The van der Waals surface area contributed by atoms with Gasteiger partial charge in [0.1, 0.15) is 6.04 Å². The van der Waals surface area contributed by atoms with E-state index in [1.807, 2.05) is 0 Å². The van der Waals surface area contributed by atoms with E-state index in [0.717, 1.165) is 12.1 Å². The van der Waals surface area contributed by atoms with Crippen molar-refractivity contribution in [1.82, 2.24) is 5.32 Å². The van der Waals surface area contributed by atoms with Crippen LogP contribution in [0.2, 0.25) is 0 Å². The second kappa shape index (κ2) is 6.06. The van der Waals surface area contributed by atoms with E-state index in [0.29, 0.717) is 0 Å². The number of carbonyl (C=O) groups excluding carboxylic acids is 1. The quantitative estimate of drug-likeness (QED) is 0.695. The van der Waals surface area contributed by atoms with Crippen LogP contribution in [0.3, 0.4) is 0 Å². The third kappa shape index (κ3) is 3.77. The number of halogens is 2. The molecular formula is C11H12F2N2O3. The lowest BCUT2D eigenvalue weighted by atomic mass is 10.1. The first-order chi connectivity index (χ1) is 8.43. The van der Waals surface area contributed by atoms with E-state index in [4.69, 9.17) is 10.8 Å². The van der Waals surface area contributed by atoms with Gasteiger partial charge in [-0.1, -0.05) is 6.07 Å². The topological polar surface area (TPSA) is 92.4 Å². The molecule has 0 aliphatic heterocycles. The van der Waals surface area contributed by atoms with Crippen molar-refractivity contribution in [2.24, 2.45) is 5.73 Å². The van der Waals surface area contributed by atoms with Gasteiger partial charge in [0.25, 0.3) is 0 Å². The van der Waals surface area contributed by atoms with Crippen molar-refractivity contribution in [3.05, 3.63) is 35.4 Å². The smallest absolute Gasteiger partial charge is 0.326 e. The molecule has 0 aromatic heterocycles. The fourth-order valence-electron chi connectivity index (χ4n) is 1.36. The average Bonchev–Trinajstić information content (AvgIpc) is 2.32. The maximum Gasteiger partial charge on any atom is 0.326 e. The number of amides is 1. The number of nitrogens with one attached hydrogen (secondary N) is 1. The van der Waals surface area contributed by atoms with E-state index in [-0.39, 0.29) is 18.5 Å². The van der Waals surface area contributed by atoms with Gasteiger partial charge in [-0.25, -0.2) is 13.6 Å². The summed E-state index contributed by atoms with van der Waals surface area (Å²) in [6.45, 7) is -0.346. The van der Waals surface area contributed by atoms with Crippen LogP contribution in [0.15, 0.2) is 18.2 Å². The van der Waals surface area contributed by atoms with Gasteiger partial charge in [-0.05, 0) is 17.7 Å². The van der Waals surface area contributed by atoms with Gasteiger partial charge in [0.05, 0.1) is 6.54 Å². The number of carbonyl (C=O) groups is 2. The molecule has 1 rings (SSSR count). The second-order valence-electron chi connectivity index (χ2n) is 3.62. The van der Waals surface area contributed by atoms with Gasteiger partial charge >= 0.3 is 5.97 Å². The Morgan fingerprint density at radius 3 is 2.50 bits per heavy atom. The molecule has 0 fully saturated rings. The van der Waals surface area contributed by atoms with Gasteiger partial charge in [0.15, 0.2) is 11.6 Å². The van der Waals surface area contributed by atoms with Crippen LogP contribution in [-0.2, 0) is 16.0 Å². The van der Waals surface area contributed by atoms with Crippen molar-refractivity contribution >= 4 is 11.9 Å². The summed E-state index contributed by atoms with van der Waals surface area (Å²) in [6.07, 6.45) is -0.154. The number of hydrogen-bond acceptors (Lipinski definition) is 3. The van der Waals surface area contributed by atoms with Crippen LogP contribution in [0.25, 0.3) is 0 Å². The van der Waals surface area contributed by atoms with Crippen LogP contribution in [0, 0.1) is 11.6 Å². The molecule has 98 valence electrons. The molecule has 5 nitrogen and oxygen atoms in total. The summed E-state index contributed by atoms with van der Waals surface area (Å²) in [5.74, 6) is -4.00. The van der Waals surface area contributed by atoms with Crippen LogP contribution < -0.4 is 11.1 Å². The predicted molar refractivity (Wildman–Crippen MR) is 58.7 cm³/mol. The second-order valence-corrected chi connectivity index (χ2v) is 3.62. The number of nitrogens with two attached hydrogens (primary N) is 1. The van der Waals surface area contributed by atoms with E-state index in [1.165, 1.54) is 6.07 Å². The molecule has 0 saturated carbocycles. The van der Waals surface area contributed by atoms with Crippen molar-refractivity contribution < 1.29 is 23.5 Å². The molecular weight excluding hydrogens is 246 g/mol. The maximum atomic E-state index is 12.9. The molecule has 0 heterocycles. The third-order valence-corrected chi connectivity index (χ3v) is 2.24. The zero-order chi connectivity index (χ0) is 13.7. The SMILES string of the molecule is NCC(=O)NC(Cc1ccc(F)c(F)c1)C(=O)O.